The van der Waals surface area contributed by atoms with Gasteiger partial charge in [-0.25, -0.2) is 0 Å². The highest BCUT2D eigenvalue weighted by Crippen LogP contribution is 2.07. The largest absolute Gasteiger partial charge is 0.395 e. The minimum Gasteiger partial charge on any atom is -0.395 e. The van der Waals surface area contributed by atoms with Gasteiger partial charge in [0.25, 0.3) is 0 Å². The lowest BCUT2D eigenvalue weighted by molar-refractivity contribution is 0.314. The highest BCUT2D eigenvalue weighted by atomic mass is 16.3. The Morgan fingerprint density at radius 3 is 2.90 bits per heavy atom. The predicted octanol–water partition coefficient (Wildman–Crippen LogP) is 1.02. The fraction of sp³-hybridized carbons (Fsp3) is 0.250. The molecule has 2 nitrogen and oxygen atoms in total. The minimum absolute atomic E-state index is 0.0804. The quantitative estimate of drug-likeness (QED) is 0.658. The first-order chi connectivity index (χ1) is 4.84. The van der Waals surface area contributed by atoms with Crippen LogP contribution in [0.4, 0.5) is 0 Å². The lowest BCUT2D eigenvalue weighted by atomic mass is 10.1. The third kappa shape index (κ3) is 1.54. The van der Waals surface area contributed by atoms with Crippen LogP contribution < -0.4 is 0 Å². The van der Waals surface area contributed by atoms with E-state index < -0.39 is 0 Å². The Balaban J connectivity index is 2.75. The average molecular weight is 136 g/mol. The van der Waals surface area contributed by atoms with E-state index in [2.05, 4.69) is 4.98 Å². The van der Waals surface area contributed by atoms with Crippen molar-refractivity contribution in [1.29, 1.82) is 0 Å². The smallest absolute Gasteiger partial charge is 0.0550 e. The van der Waals surface area contributed by atoms with Crippen LogP contribution in [0.2, 0.25) is 0 Å². The zero-order chi connectivity index (χ0) is 7.40. The van der Waals surface area contributed by atoms with Crippen molar-refractivity contribution in [3.05, 3.63) is 36.0 Å². The van der Waals surface area contributed by atoms with Crippen LogP contribution in [-0.2, 0) is 0 Å². The number of rotatable bonds is 2. The first kappa shape index (κ1) is 7.22. The Morgan fingerprint density at radius 1 is 1.60 bits per heavy atom. The van der Waals surface area contributed by atoms with E-state index in [0.717, 1.165) is 11.6 Å². The summed E-state index contributed by atoms with van der Waals surface area (Å²) in [7, 11) is 0. The topological polar surface area (TPSA) is 33.1 Å². The third-order valence-electron chi connectivity index (χ3n) is 1.34. The molecule has 0 saturated heterocycles. The Kier molecular flexibility index (Phi) is 2.40. The Labute approximate surface area is 60.5 Å². The van der Waals surface area contributed by atoms with Gasteiger partial charge in [0.15, 0.2) is 0 Å². The van der Waals surface area contributed by atoms with Crippen LogP contribution >= 0.6 is 0 Å². The summed E-state index contributed by atoms with van der Waals surface area (Å²) in [5, 5.41) is 8.71. The maximum Gasteiger partial charge on any atom is 0.0550 e. The molecule has 0 amide bonds. The second kappa shape index (κ2) is 3.32. The van der Waals surface area contributed by atoms with E-state index in [9.17, 15) is 0 Å². The number of aliphatic hydroxyl groups is 1. The van der Waals surface area contributed by atoms with Gasteiger partial charge in [0.1, 0.15) is 0 Å². The SMILES string of the molecule is C[C](CO)c1ccccn1. The number of aliphatic hydroxyl groups excluding tert-OH is 1. The molecule has 1 radical (unpaired) electrons. The van der Waals surface area contributed by atoms with Crippen LogP contribution in [0.1, 0.15) is 12.6 Å². The van der Waals surface area contributed by atoms with Gasteiger partial charge in [-0.1, -0.05) is 13.0 Å². The molecule has 0 aliphatic carbocycles. The van der Waals surface area contributed by atoms with E-state index in [1.165, 1.54) is 0 Å². The van der Waals surface area contributed by atoms with Gasteiger partial charge in [0.05, 0.1) is 6.61 Å². The number of hydrogen-bond donors (Lipinski definition) is 1. The maximum absolute atomic E-state index is 8.71. The van der Waals surface area contributed by atoms with E-state index in [0.29, 0.717) is 0 Å². The number of hydrogen-bond acceptors (Lipinski definition) is 2. The minimum atomic E-state index is 0.0804. The molecule has 1 aromatic rings. The van der Waals surface area contributed by atoms with E-state index in [-0.39, 0.29) is 6.61 Å². The van der Waals surface area contributed by atoms with Crippen molar-refractivity contribution in [3.63, 3.8) is 0 Å². The molecule has 0 spiro atoms. The van der Waals surface area contributed by atoms with Gasteiger partial charge in [0.2, 0.25) is 0 Å². The van der Waals surface area contributed by atoms with E-state index in [1.807, 2.05) is 25.1 Å². The first-order valence-corrected chi connectivity index (χ1v) is 3.19. The Hall–Kier alpha value is -0.890. The second-order valence-corrected chi connectivity index (χ2v) is 2.15. The van der Waals surface area contributed by atoms with Crippen molar-refractivity contribution >= 4 is 0 Å². The van der Waals surface area contributed by atoms with Gasteiger partial charge in [-0.15, -0.1) is 0 Å². The molecule has 1 N–H and O–H groups in total. The summed E-state index contributed by atoms with van der Waals surface area (Å²) < 4.78 is 0. The van der Waals surface area contributed by atoms with Crippen molar-refractivity contribution in [2.75, 3.05) is 6.61 Å². The third-order valence-corrected chi connectivity index (χ3v) is 1.34. The lowest BCUT2D eigenvalue weighted by Crippen LogP contribution is -2.01. The number of nitrogens with zero attached hydrogens (tertiary/aromatic N) is 1. The summed E-state index contributed by atoms with van der Waals surface area (Å²) in [6.45, 7) is 1.94. The predicted molar refractivity (Wildman–Crippen MR) is 39.3 cm³/mol. The molecule has 1 rings (SSSR count). The second-order valence-electron chi connectivity index (χ2n) is 2.15. The van der Waals surface area contributed by atoms with Crippen LogP contribution in [0.5, 0.6) is 0 Å². The van der Waals surface area contributed by atoms with Crippen molar-refractivity contribution in [1.82, 2.24) is 4.98 Å². The molecule has 53 valence electrons. The van der Waals surface area contributed by atoms with Crippen LogP contribution in [-0.4, -0.2) is 16.7 Å². The fourth-order valence-electron chi connectivity index (χ4n) is 0.696. The molecule has 10 heavy (non-hydrogen) atoms. The molecule has 1 aromatic heterocycles. The monoisotopic (exact) mass is 136 g/mol. The summed E-state index contributed by atoms with van der Waals surface area (Å²) in [5.74, 6) is 0.903. The summed E-state index contributed by atoms with van der Waals surface area (Å²) in [5.41, 5.74) is 0.866. The molecule has 0 bridgehead atoms. The zero-order valence-electron chi connectivity index (χ0n) is 5.91. The van der Waals surface area contributed by atoms with Crippen LogP contribution in [0.3, 0.4) is 0 Å². The van der Waals surface area contributed by atoms with Crippen molar-refractivity contribution in [3.8, 4) is 0 Å². The molecule has 0 aliphatic heterocycles. The van der Waals surface area contributed by atoms with Crippen molar-refractivity contribution < 1.29 is 5.11 Å². The molecule has 0 aliphatic rings. The highest BCUT2D eigenvalue weighted by molar-refractivity contribution is 5.20. The highest BCUT2D eigenvalue weighted by Gasteiger charge is 2.03. The maximum atomic E-state index is 8.71. The standard InChI is InChI=1S/C8H10NO/c1-7(6-10)8-4-2-3-5-9-8/h2-5,10H,6H2,1H3. The molecule has 0 saturated carbocycles. The van der Waals surface area contributed by atoms with Gasteiger partial charge >= 0.3 is 0 Å². The summed E-state index contributed by atoms with van der Waals surface area (Å²) >= 11 is 0. The van der Waals surface area contributed by atoms with E-state index in [4.69, 9.17) is 5.11 Å². The average Bonchev–Trinajstić information content (AvgIpc) is 2.05. The summed E-state index contributed by atoms with van der Waals surface area (Å²) in [6.07, 6.45) is 1.72. The van der Waals surface area contributed by atoms with Gasteiger partial charge < -0.3 is 5.11 Å². The molecule has 0 fully saturated rings. The fourth-order valence-corrected chi connectivity index (χ4v) is 0.696. The van der Waals surface area contributed by atoms with Gasteiger partial charge in [0, 0.05) is 17.8 Å². The summed E-state index contributed by atoms with van der Waals surface area (Å²) in [6, 6.07) is 5.64. The van der Waals surface area contributed by atoms with E-state index >= 15 is 0 Å². The molecule has 2 heteroatoms. The first-order valence-electron chi connectivity index (χ1n) is 3.19. The lowest BCUT2D eigenvalue weighted by Gasteiger charge is -2.03. The molecule has 0 aromatic carbocycles. The molecular weight excluding hydrogens is 126 g/mol. The molecule has 0 unspecified atom stereocenters. The van der Waals surface area contributed by atoms with Gasteiger partial charge in [-0.05, 0) is 12.1 Å². The van der Waals surface area contributed by atoms with Gasteiger partial charge in [-0.3, -0.25) is 4.98 Å². The number of aromatic nitrogens is 1. The van der Waals surface area contributed by atoms with Crippen LogP contribution in [0, 0.1) is 5.92 Å². The van der Waals surface area contributed by atoms with E-state index in [1.54, 1.807) is 6.20 Å². The molecule has 0 atom stereocenters. The number of pyridine rings is 1. The van der Waals surface area contributed by atoms with Crippen LogP contribution in [0.15, 0.2) is 24.4 Å². The van der Waals surface area contributed by atoms with Crippen molar-refractivity contribution in [2.24, 2.45) is 0 Å². The van der Waals surface area contributed by atoms with Gasteiger partial charge in [-0.2, -0.15) is 0 Å². The normalized spacial score (nSPS) is 10.3. The van der Waals surface area contributed by atoms with Crippen LogP contribution in [0.25, 0.3) is 0 Å². The molecular formula is C8H10NO. The Morgan fingerprint density at radius 2 is 2.40 bits per heavy atom. The summed E-state index contributed by atoms with van der Waals surface area (Å²) in [4.78, 5) is 4.05. The molecule has 1 heterocycles. The Bertz CT molecular complexity index is 186. The zero-order valence-corrected chi connectivity index (χ0v) is 5.91. The van der Waals surface area contributed by atoms with Crippen molar-refractivity contribution in [2.45, 2.75) is 6.92 Å².